The number of nitrogens with zero attached hydrogens (tertiary/aromatic N) is 1. The summed E-state index contributed by atoms with van der Waals surface area (Å²) >= 11 is 0. The van der Waals surface area contributed by atoms with Crippen LogP contribution >= 0.6 is 0 Å². The number of alkyl halides is 14. The van der Waals surface area contributed by atoms with Gasteiger partial charge in [-0.25, -0.2) is 13.6 Å². The zero-order valence-electron chi connectivity index (χ0n) is 16.9. The van der Waals surface area contributed by atoms with Gasteiger partial charge in [0.05, 0.1) is 19.6 Å². The number of esters is 1. The van der Waals surface area contributed by atoms with Crippen LogP contribution in [0.25, 0.3) is 0 Å². The van der Waals surface area contributed by atoms with Crippen molar-refractivity contribution in [3.63, 3.8) is 0 Å². The van der Waals surface area contributed by atoms with E-state index in [2.05, 4.69) is 4.74 Å². The molecule has 0 amide bonds. The molecule has 4 nitrogen and oxygen atoms in total. The molecular weight excluding hydrogens is 520 g/mol. The van der Waals surface area contributed by atoms with E-state index in [1.807, 2.05) is 0 Å². The predicted octanol–water partition coefficient (Wildman–Crippen LogP) is 4.72. The zero-order valence-corrected chi connectivity index (χ0v) is 16.9. The Kier molecular flexibility index (Phi) is 8.78. The van der Waals surface area contributed by atoms with Crippen molar-refractivity contribution in [2.75, 3.05) is 32.8 Å². The van der Waals surface area contributed by atoms with Crippen molar-refractivity contribution in [3.8, 4) is 0 Å². The van der Waals surface area contributed by atoms with Gasteiger partial charge in [-0.15, -0.1) is 0 Å². The lowest BCUT2D eigenvalue weighted by Gasteiger charge is -2.38. The molecule has 1 aliphatic rings. The largest absolute Gasteiger partial charge is 0.457 e. The minimum absolute atomic E-state index is 0.144. The van der Waals surface area contributed by atoms with Crippen LogP contribution in [0.3, 0.4) is 0 Å². The highest BCUT2D eigenvalue weighted by molar-refractivity contribution is 5.79. The molecule has 1 aliphatic heterocycles. The summed E-state index contributed by atoms with van der Waals surface area (Å²) in [7, 11) is 0. The molecule has 0 aromatic carbocycles. The number of rotatable bonds is 11. The Morgan fingerprint density at radius 1 is 0.853 bits per heavy atom. The van der Waals surface area contributed by atoms with Gasteiger partial charge in [0, 0.05) is 19.6 Å². The second-order valence-corrected chi connectivity index (χ2v) is 7.36. The second-order valence-electron chi connectivity index (χ2n) is 7.36. The van der Waals surface area contributed by atoms with Gasteiger partial charge < -0.3 is 9.47 Å². The fourth-order valence-electron chi connectivity index (χ4n) is 2.66. The maximum Gasteiger partial charge on any atom is 0.410 e. The molecule has 0 spiro atoms. The fraction of sp³-hybridized carbons (Fsp3) is 0.938. The predicted molar refractivity (Wildman–Crippen MR) is 83.1 cm³/mol. The van der Waals surface area contributed by atoms with Crippen LogP contribution in [0.15, 0.2) is 0 Å². The van der Waals surface area contributed by atoms with Gasteiger partial charge in [0.2, 0.25) is 0 Å². The maximum absolute atomic E-state index is 13.8. The lowest BCUT2D eigenvalue weighted by atomic mass is 9.92. The van der Waals surface area contributed by atoms with Gasteiger partial charge >= 0.3 is 47.9 Å². The minimum atomic E-state index is -7.60. The monoisotopic (exact) mass is 537 g/mol. The first-order valence-electron chi connectivity index (χ1n) is 9.11. The Hall–Kier alpha value is -1.59. The van der Waals surface area contributed by atoms with Crippen LogP contribution in [0, 0.1) is 0 Å². The summed E-state index contributed by atoms with van der Waals surface area (Å²) in [6.45, 7) is 1.06. The van der Waals surface area contributed by atoms with Crippen molar-refractivity contribution in [2.45, 2.75) is 61.4 Å². The summed E-state index contributed by atoms with van der Waals surface area (Å²) in [6.07, 6.45) is -11.5. The summed E-state index contributed by atoms with van der Waals surface area (Å²) in [5.41, 5.74) is 0. The highest BCUT2D eigenvalue weighted by Crippen LogP contribution is 2.57. The van der Waals surface area contributed by atoms with Crippen molar-refractivity contribution in [1.82, 2.24) is 4.90 Å². The normalized spacial score (nSPS) is 18.8. The van der Waals surface area contributed by atoms with E-state index in [0.717, 1.165) is 6.92 Å². The maximum atomic E-state index is 13.8. The van der Waals surface area contributed by atoms with E-state index in [0.29, 0.717) is 0 Å². The van der Waals surface area contributed by atoms with Gasteiger partial charge in [0.15, 0.2) is 0 Å². The summed E-state index contributed by atoms with van der Waals surface area (Å²) in [5, 5.41) is 0. The van der Waals surface area contributed by atoms with Crippen LogP contribution < -0.4 is 0 Å². The smallest absolute Gasteiger partial charge is 0.410 e. The van der Waals surface area contributed by atoms with Crippen LogP contribution in [0.4, 0.5) is 61.5 Å². The molecule has 202 valence electrons. The second kappa shape index (κ2) is 9.81. The van der Waals surface area contributed by atoms with E-state index >= 15 is 0 Å². The summed E-state index contributed by atoms with van der Waals surface area (Å²) in [5.74, 6) is -45.9. The average Bonchev–Trinajstić information content (AvgIpc) is 2.66. The molecule has 0 aliphatic carbocycles. The van der Waals surface area contributed by atoms with Crippen LogP contribution in [0.5, 0.6) is 0 Å². The molecule has 1 saturated heterocycles. The van der Waals surface area contributed by atoms with Crippen molar-refractivity contribution >= 4 is 5.97 Å². The number of morpholine rings is 1. The highest BCUT2D eigenvalue weighted by atomic mass is 19.4. The lowest BCUT2D eigenvalue weighted by Crippen LogP contribution is -2.66. The topological polar surface area (TPSA) is 38.8 Å². The molecule has 0 N–H and O–H groups in total. The first-order valence-corrected chi connectivity index (χ1v) is 9.11. The SMILES string of the molecule is CC(CN1CCOCC1)OC(=O)C(F)(F)C(F)(F)C(F)(F)C(F)(F)CC(F)(F)C(F)(F)C(F)F. The molecule has 34 heavy (non-hydrogen) atoms. The molecular formula is C16H17F14NO3. The molecule has 1 atom stereocenters. The van der Waals surface area contributed by atoms with Gasteiger partial charge in [0.1, 0.15) is 6.10 Å². The van der Waals surface area contributed by atoms with E-state index in [9.17, 15) is 66.3 Å². The molecule has 1 fully saturated rings. The van der Waals surface area contributed by atoms with Crippen molar-refractivity contribution in [2.24, 2.45) is 0 Å². The van der Waals surface area contributed by atoms with Crippen molar-refractivity contribution in [3.05, 3.63) is 0 Å². The van der Waals surface area contributed by atoms with Gasteiger partial charge in [-0.3, -0.25) is 4.90 Å². The molecule has 0 saturated carbocycles. The molecule has 1 unspecified atom stereocenters. The zero-order chi connectivity index (χ0) is 27.0. The molecule has 18 heteroatoms. The third-order valence-electron chi connectivity index (χ3n) is 4.64. The number of carbonyl (C=O) groups excluding carboxylic acids is 1. The molecule has 0 bridgehead atoms. The van der Waals surface area contributed by atoms with Gasteiger partial charge in [-0.1, -0.05) is 0 Å². The Balaban J connectivity index is 3.10. The third-order valence-corrected chi connectivity index (χ3v) is 4.64. The van der Waals surface area contributed by atoms with Gasteiger partial charge in [-0.05, 0) is 6.92 Å². The number of halogens is 14. The molecule has 1 heterocycles. The Bertz CT molecular complexity index is 709. The highest BCUT2D eigenvalue weighted by Gasteiger charge is 2.85. The number of hydrogen-bond donors (Lipinski definition) is 0. The molecule has 0 aromatic heterocycles. The Labute approximate surface area is 182 Å². The fourth-order valence-corrected chi connectivity index (χ4v) is 2.66. The number of carbonyl (C=O) groups is 1. The van der Waals surface area contributed by atoms with E-state index in [-0.39, 0.29) is 26.3 Å². The van der Waals surface area contributed by atoms with E-state index in [4.69, 9.17) is 4.74 Å². The van der Waals surface area contributed by atoms with Crippen molar-refractivity contribution in [1.29, 1.82) is 0 Å². The van der Waals surface area contributed by atoms with E-state index in [1.54, 1.807) is 0 Å². The third kappa shape index (κ3) is 5.62. The molecule has 0 radical (unpaired) electrons. The minimum Gasteiger partial charge on any atom is -0.457 e. The Morgan fingerprint density at radius 2 is 1.32 bits per heavy atom. The summed E-state index contributed by atoms with van der Waals surface area (Å²) < 4.78 is 194. The molecule has 0 aromatic rings. The first-order chi connectivity index (χ1) is 15.0. The van der Waals surface area contributed by atoms with E-state index in [1.165, 1.54) is 4.90 Å². The summed E-state index contributed by atoms with van der Waals surface area (Å²) in [6, 6.07) is 0. The lowest BCUT2D eigenvalue weighted by molar-refractivity contribution is -0.377. The standard InChI is InChI=1S/C16H17F14NO3/c1-8(6-31-2-4-33-5-3-31)34-10(32)14(25,26)16(29,30)15(27,28)12(21,22)7-11(19,20)13(23,24)9(17)18/h8-9H,2-7H2,1H3. The average molecular weight is 537 g/mol. The van der Waals surface area contributed by atoms with Crippen LogP contribution in [0.1, 0.15) is 13.3 Å². The van der Waals surface area contributed by atoms with Crippen LogP contribution in [0.2, 0.25) is 0 Å². The molecule has 1 rings (SSSR count). The van der Waals surface area contributed by atoms with Crippen LogP contribution in [-0.4, -0.2) is 91.8 Å². The first kappa shape index (κ1) is 30.4. The quantitative estimate of drug-likeness (QED) is 0.283. The van der Waals surface area contributed by atoms with Crippen molar-refractivity contribution < 1.29 is 75.7 Å². The van der Waals surface area contributed by atoms with E-state index < -0.39 is 67.0 Å². The summed E-state index contributed by atoms with van der Waals surface area (Å²) in [4.78, 5) is 12.8. The number of ether oxygens (including phenoxy) is 2. The van der Waals surface area contributed by atoms with Gasteiger partial charge in [0.25, 0.3) is 0 Å². The van der Waals surface area contributed by atoms with Crippen LogP contribution in [-0.2, 0) is 14.3 Å². The number of hydrogen-bond acceptors (Lipinski definition) is 4. The van der Waals surface area contributed by atoms with Gasteiger partial charge in [-0.2, -0.15) is 52.7 Å². The Morgan fingerprint density at radius 3 is 1.76 bits per heavy atom.